The molecule has 0 unspecified atom stereocenters. The summed E-state index contributed by atoms with van der Waals surface area (Å²) in [4.78, 5) is 23.8. The average Bonchev–Trinajstić information content (AvgIpc) is 2.98. The van der Waals surface area contributed by atoms with Crippen LogP contribution in [0, 0.1) is 23.7 Å². The molecule has 31 heavy (non-hydrogen) atoms. The zero-order chi connectivity index (χ0) is 22.8. The van der Waals surface area contributed by atoms with Crippen molar-refractivity contribution in [2.24, 2.45) is 23.7 Å². The van der Waals surface area contributed by atoms with Crippen LogP contribution in [0.4, 0.5) is 0 Å². The quantitative estimate of drug-likeness (QED) is 0.313. The predicted molar refractivity (Wildman–Crippen MR) is 131 cm³/mol. The zero-order valence-electron chi connectivity index (χ0n) is 20.4. The highest BCUT2D eigenvalue weighted by molar-refractivity contribution is 6.72. The van der Waals surface area contributed by atoms with Gasteiger partial charge in [-0.2, -0.15) is 0 Å². The monoisotopic (exact) mass is 444 g/mol. The summed E-state index contributed by atoms with van der Waals surface area (Å²) in [5.41, 5.74) is 2.32. The third-order valence-electron chi connectivity index (χ3n) is 8.73. The van der Waals surface area contributed by atoms with Gasteiger partial charge in [-0.25, -0.2) is 0 Å². The van der Waals surface area contributed by atoms with Crippen LogP contribution >= 0.6 is 0 Å². The van der Waals surface area contributed by atoms with Crippen LogP contribution in [0.25, 0.3) is 0 Å². The number of ketones is 1. The molecule has 0 aromatic heterocycles. The number of hydrogen-bond donors (Lipinski definition) is 2. The van der Waals surface area contributed by atoms with Crippen LogP contribution < -0.4 is 0 Å². The molecule has 1 saturated carbocycles. The molecule has 0 saturated heterocycles. The minimum Gasteiger partial charge on any atom is -0.508 e. The van der Waals surface area contributed by atoms with Crippen molar-refractivity contribution >= 4 is 14.1 Å². The first kappa shape index (κ1) is 24.5. The highest BCUT2D eigenvalue weighted by Gasteiger charge is 2.45. The lowest BCUT2D eigenvalue weighted by atomic mass is 9.73. The SMILES string of the molecule is CCCCC[C@@H](CC[C@@H]1C(=O)C[C@@H]2Cc3c(O)cccc3C[C@@H]21)CC(C)(C)[Si](C)(C)O. The van der Waals surface area contributed by atoms with Gasteiger partial charge in [0.05, 0.1) is 0 Å². The van der Waals surface area contributed by atoms with E-state index in [1.807, 2.05) is 6.07 Å². The summed E-state index contributed by atoms with van der Waals surface area (Å²) >= 11 is 0. The van der Waals surface area contributed by atoms with E-state index >= 15 is 0 Å². The fourth-order valence-electron chi connectivity index (χ4n) is 6.02. The molecule has 1 aromatic carbocycles. The number of unbranched alkanes of at least 4 members (excludes halogenated alkanes) is 2. The lowest BCUT2D eigenvalue weighted by molar-refractivity contribution is -0.121. The molecule has 0 radical (unpaired) electrons. The van der Waals surface area contributed by atoms with Crippen LogP contribution in [0.15, 0.2) is 18.2 Å². The van der Waals surface area contributed by atoms with Crippen molar-refractivity contribution in [3.8, 4) is 5.75 Å². The predicted octanol–water partition coefficient (Wildman–Crippen LogP) is 6.66. The number of carbonyl (C=O) groups is 1. The van der Waals surface area contributed by atoms with Gasteiger partial charge < -0.3 is 9.90 Å². The fraction of sp³-hybridized carbons (Fsp3) is 0.741. The molecule has 0 amide bonds. The zero-order valence-corrected chi connectivity index (χ0v) is 21.4. The van der Waals surface area contributed by atoms with Crippen molar-refractivity contribution in [3.63, 3.8) is 0 Å². The molecule has 0 spiro atoms. The van der Waals surface area contributed by atoms with Crippen molar-refractivity contribution in [3.05, 3.63) is 29.3 Å². The molecule has 0 bridgehead atoms. The summed E-state index contributed by atoms with van der Waals surface area (Å²) in [6.45, 7) is 10.9. The van der Waals surface area contributed by atoms with Crippen LogP contribution in [0.5, 0.6) is 5.75 Å². The van der Waals surface area contributed by atoms with Crippen LogP contribution in [-0.4, -0.2) is 24.0 Å². The van der Waals surface area contributed by atoms with Crippen LogP contribution in [0.2, 0.25) is 18.1 Å². The van der Waals surface area contributed by atoms with Crippen molar-refractivity contribution in [2.45, 2.75) is 103 Å². The molecule has 2 N–H and O–H groups in total. The number of fused-ring (bicyclic) bond motifs is 2. The van der Waals surface area contributed by atoms with E-state index in [4.69, 9.17) is 0 Å². The van der Waals surface area contributed by atoms with Crippen LogP contribution in [-0.2, 0) is 17.6 Å². The molecule has 4 atom stereocenters. The first-order valence-electron chi connectivity index (χ1n) is 12.6. The van der Waals surface area contributed by atoms with Crippen LogP contribution in [0.1, 0.15) is 83.3 Å². The van der Waals surface area contributed by atoms with Gasteiger partial charge in [0.2, 0.25) is 0 Å². The number of benzene rings is 1. The summed E-state index contributed by atoms with van der Waals surface area (Å²) in [6, 6.07) is 5.85. The molecule has 3 nitrogen and oxygen atoms in total. The Kier molecular flexibility index (Phi) is 7.73. The molecule has 1 aromatic rings. The molecule has 0 aliphatic heterocycles. The smallest absolute Gasteiger partial charge is 0.188 e. The van der Waals surface area contributed by atoms with Gasteiger partial charge in [-0.1, -0.05) is 58.6 Å². The van der Waals surface area contributed by atoms with Gasteiger partial charge in [0, 0.05) is 12.3 Å². The minimum atomic E-state index is -2.23. The highest BCUT2D eigenvalue weighted by atomic mass is 28.4. The van der Waals surface area contributed by atoms with E-state index in [0.717, 1.165) is 37.7 Å². The lowest BCUT2D eigenvalue weighted by Crippen LogP contribution is -2.40. The van der Waals surface area contributed by atoms with E-state index in [0.29, 0.717) is 35.7 Å². The molecular formula is C27H44O3Si. The van der Waals surface area contributed by atoms with Gasteiger partial charge in [-0.15, -0.1) is 0 Å². The molecule has 2 aliphatic rings. The minimum absolute atomic E-state index is 0.00654. The normalized spacial score (nSPS) is 24.7. The standard InChI is InChI=1S/C27H44O3Si/c1-6-7-8-10-19(18-27(2,3)31(4,5)30)13-14-22-23-15-20-11-9-12-25(28)24(20)16-21(23)17-26(22)29/h9,11-12,19,21-23,28,30H,6-8,10,13-18H2,1-5H3/t19-,21-,22-,23-/m0/s1. The molecule has 4 heteroatoms. The summed E-state index contributed by atoms with van der Waals surface area (Å²) in [6.07, 6.45) is 10.6. The number of aromatic hydroxyl groups is 1. The maximum Gasteiger partial charge on any atom is 0.188 e. The molecule has 2 aliphatic carbocycles. The van der Waals surface area contributed by atoms with Crippen LogP contribution in [0.3, 0.4) is 0 Å². The summed E-state index contributed by atoms with van der Waals surface area (Å²) in [5, 5.41) is 10.3. The number of phenolic OH excluding ortho intramolecular Hbond substituents is 1. The van der Waals surface area contributed by atoms with Crippen molar-refractivity contribution in [1.82, 2.24) is 0 Å². The number of carbonyl (C=O) groups excluding carboxylic acids is 1. The number of Topliss-reactive ketones (excluding diaryl/α,β-unsaturated/α-hetero) is 1. The average molecular weight is 445 g/mol. The van der Waals surface area contributed by atoms with E-state index in [9.17, 15) is 14.7 Å². The summed E-state index contributed by atoms with van der Waals surface area (Å²) in [7, 11) is -2.23. The van der Waals surface area contributed by atoms with E-state index in [2.05, 4.69) is 39.9 Å². The molecule has 0 heterocycles. The maximum absolute atomic E-state index is 13.0. The number of hydrogen-bond acceptors (Lipinski definition) is 3. The molecule has 3 rings (SSSR count). The van der Waals surface area contributed by atoms with Crippen molar-refractivity contribution < 1.29 is 14.7 Å². The Bertz CT molecular complexity index is 764. The Morgan fingerprint density at radius 2 is 1.87 bits per heavy atom. The van der Waals surface area contributed by atoms with E-state index in [-0.39, 0.29) is 11.0 Å². The summed E-state index contributed by atoms with van der Waals surface area (Å²) < 4.78 is 0. The maximum atomic E-state index is 13.0. The summed E-state index contributed by atoms with van der Waals surface area (Å²) in [5.74, 6) is 2.46. The Morgan fingerprint density at radius 1 is 1.13 bits per heavy atom. The second-order valence-electron chi connectivity index (χ2n) is 11.6. The molecule has 174 valence electrons. The van der Waals surface area contributed by atoms with Crippen molar-refractivity contribution in [2.75, 3.05) is 0 Å². The number of phenols is 1. The number of rotatable bonds is 10. The van der Waals surface area contributed by atoms with Gasteiger partial charge in [0.1, 0.15) is 11.5 Å². The molecule has 1 fully saturated rings. The van der Waals surface area contributed by atoms with Gasteiger partial charge in [-0.3, -0.25) is 4.79 Å². The fourth-order valence-corrected chi connectivity index (χ4v) is 6.81. The highest BCUT2D eigenvalue weighted by Crippen LogP contribution is 2.48. The van der Waals surface area contributed by atoms with Crippen molar-refractivity contribution in [1.29, 1.82) is 0 Å². The Labute approximate surface area is 190 Å². The third-order valence-corrected chi connectivity index (χ3v) is 12.2. The Hall–Kier alpha value is -1.13. The van der Waals surface area contributed by atoms with Gasteiger partial charge in [0.25, 0.3) is 0 Å². The topological polar surface area (TPSA) is 57.5 Å². The first-order valence-corrected chi connectivity index (χ1v) is 15.5. The Morgan fingerprint density at radius 3 is 2.55 bits per heavy atom. The van der Waals surface area contributed by atoms with E-state index in [1.54, 1.807) is 6.07 Å². The Balaban J connectivity index is 1.68. The van der Waals surface area contributed by atoms with Gasteiger partial charge >= 0.3 is 0 Å². The van der Waals surface area contributed by atoms with Gasteiger partial charge in [0.15, 0.2) is 8.32 Å². The van der Waals surface area contributed by atoms with Gasteiger partial charge in [-0.05, 0) is 85.2 Å². The first-order chi connectivity index (χ1) is 14.5. The molecular weight excluding hydrogens is 400 g/mol. The lowest BCUT2D eigenvalue weighted by Gasteiger charge is -2.38. The second kappa shape index (κ2) is 9.78. The largest absolute Gasteiger partial charge is 0.508 e. The third kappa shape index (κ3) is 5.62. The second-order valence-corrected chi connectivity index (χ2v) is 16.1. The van der Waals surface area contributed by atoms with E-state index in [1.165, 1.54) is 31.2 Å². The van der Waals surface area contributed by atoms with E-state index < -0.39 is 8.32 Å².